The Bertz CT molecular complexity index is 194. The molecule has 1 atom stereocenters. The Morgan fingerprint density at radius 1 is 0.700 bits per heavy atom. The van der Waals surface area contributed by atoms with E-state index in [1.54, 1.807) is 0 Å². The van der Waals surface area contributed by atoms with Crippen molar-refractivity contribution in [3.63, 3.8) is 0 Å². The minimum Gasteiger partial charge on any atom is -0.0654 e. The van der Waals surface area contributed by atoms with Gasteiger partial charge in [0, 0.05) is 0 Å². The molecule has 0 N–H and O–H groups in total. The number of hydrogen-bond acceptors (Lipinski definition) is 0. The fraction of sp³-hybridized carbons (Fsp3) is 1.00. The van der Waals surface area contributed by atoms with Crippen LogP contribution in [0.15, 0.2) is 0 Å². The van der Waals surface area contributed by atoms with Crippen LogP contribution in [0, 0.1) is 11.3 Å². The Morgan fingerprint density at radius 2 is 1.20 bits per heavy atom. The van der Waals surface area contributed by atoms with Gasteiger partial charge >= 0.3 is 0 Å². The Balaban J connectivity index is 3.50. The first-order valence-corrected chi connectivity index (χ1v) is 9.54. The fourth-order valence-corrected chi connectivity index (χ4v) is 2.98. The van der Waals surface area contributed by atoms with Gasteiger partial charge in [0.15, 0.2) is 0 Å². The van der Waals surface area contributed by atoms with E-state index < -0.39 is 0 Å². The predicted octanol–water partition coefficient (Wildman–Crippen LogP) is 7.76. The fourth-order valence-electron chi connectivity index (χ4n) is 2.98. The predicted molar refractivity (Wildman–Crippen MR) is 94.3 cm³/mol. The summed E-state index contributed by atoms with van der Waals surface area (Å²) in [6, 6.07) is 0. The molecule has 0 aromatic heterocycles. The molecule has 0 heteroatoms. The van der Waals surface area contributed by atoms with E-state index in [0.717, 1.165) is 5.92 Å². The molecule has 0 bridgehead atoms. The first kappa shape index (κ1) is 20.0. The molecule has 0 aliphatic carbocycles. The highest BCUT2D eigenvalue weighted by Gasteiger charge is 2.21. The second-order valence-electron chi connectivity index (χ2n) is 7.68. The van der Waals surface area contributed by atoms with Crippen LogP contribution in [0.3, 0.4) is 0 Å². The summed E-state index contributed by atoms with van der Waals surface area (Å²) in [7, 11) is 0. The zero-order valence-electron chi connectivity index (χ0n) is 15.3. The summed E-state index contributed by atoms with van der Waals surface area (Å²) in [6.45, 7) is 11.9. The van der Waals surface area contributed by atoms with Gasteiger partial charge in [0.25, 0.3) is 0 Å². The molecule has 0 heterocycles. The lowest BCUT2D eigenvalue weighted by Crippen LogP contribution is -2.16. The third kappa shape index (κ3) is 11.8. The van der Waals surface area contributed by atoms with Gasteiger partial charge in [-0.25, -0.2) is 0 Å². The Kier molecular flexibility index (Phi) is 12.7. The van der Waals surface area contributed by atoms with Gasteiger partial charge in [-0.1, -0.05) is 105 Å². The van der Waals surface area contributed by atoms with Crippen molar-refractivity contribution in [1.29, 1.82) is 0 Å². The number of unbranched alkanes of at least 4 members (excludes halogenated alkanes) is 8. The summed E-state index contributed by atoms with van der Waals surface area (Å²) < 4.78 is 0. The summed E-state index contributed by atoms with van der Waals surface area (Å²) in [6.07, 6.45) is 18.7. The minimum atomic E-state index is 0.616. The molecule has 0 saturated heterocycles. The topological polar surface area (TPSA) is 0 Å². The highest BCUT2D eigenvalue weighted by Crippen LogP contribution is 2.34. The van der Waals surface area contributed by atoms with E-state index in [9.17, 15) is 0 Å². The van der Waals surface area contributed by atoms with E-state index in [2.05, 4.69) is 34.6 Å². The molecule has 0 rings (SSSR count). The van der Waals surface area contributed by atoms with Gasteiger partial charge in [0.05, 0.1) is 0 Å². The van der Waals surface area contributed by atoms with E-state index in [0.29, 0.717) is 5.41 Å². The average molecular weight is 283 g/mol. The molecule has 122 valence electrons. The van der Waals surface area contributed by atoms with Gasteiger partial charge in [-0.3, -0.25) is 0 Å². The van der Waals surface area contributed by atoms with Gasteiger partial charge < -0.3 is 0 Å². The largest absolute Gasteiger partial charge is 0.0654 e. The van der Waals surface area contributed by atoms with Crippen molar-refractivity contribution in [2.45, 2.75) is 118 Å². The van der Waals surface area contributed by atoms with Crippen LogP contribution in [-0.2, 0) is 0 Å². The van der Waals surface area contributed by atoms with Gasteiger partial charge in [-0.05, 0) is 24.2 Å². The summed E-state index contributed by atoms with van der Waals surface area (Å²) >= 11 is 0. The van der Waals surface area contributed by atoms with E-state index in [1.807, 2.05) is 0 Å². The molecule has 0 aliphatic heterocycles. The third-order valence-corrected chi connectivity index (χ3v) is 5.06. The highest BCUT2D eigenvalue weighted by atomic mass is 14.3. The van der Waals surface area contributed by atoms with Crippen molar-refractivity contribution in [2.75, 3.05) is 0 Å². The lowest BCUT2D eigenvalue weighted by Gasteiger charge is -2.29. The molecule has 0 nitrogen and oxygen atoms in total. The maximum absolute atomic E-state index is 2.51. The maximum Gasteiger partial charge on any atom is -0.0328 e. The number of rotatable bonds is 14. The molecule has 0 fully saturated rings. The van der Waals surface area contributed by atoms with Crippen LogP contribution in [0.5, 0.6) is 0 Å². The molecule has 0 amide bonds. The molecule has 1 unspecified atom stereocenters. The lowest BCUT2D eigenvalue weighted by molar-refractivity contribution is 0.232. The number of hydrogen-bond donors (Lipinski definition) is 0. The van der Waals surface area contributed by atoms with Gasteiger partial charge in [-0.2, -0.15) is 0 Å². The van der Waals surface area contributed by atoms with Gasteiger partial charge in [-0.15, -0.1) is 0 Å². The second-order valence-corrected chi connectivity index (χ2v) is 7.68. The van der Waals surface area contributed by atoms with Crippen LogP contribution < -0.4 is 0 Å². The standard InChI is InChI=1S/C20H42/c1-6-8-9-10-11-12-13-14-15-17-20(5,7-2)18-16-19(3)4/h19H,6-18H2,1-5H3. The minimum absolute atomic E-state index is 0.616. The molecule has 0 aromatic rings. The van der Waals surface area contributed by atoms with Crippen molar-refractivity contribution in [1.82, 2.24) is 0 Å². The Hall–Kier alpha value is 0. The molecule has 20 heavy (non-hydrogen) atoms. The molecular weight excluding hydrogens is 240 g/mol. The molecular formula is C20H42. The van der Waals surface area contributed by atoms with E-state index >= 15 is 0 Å². The van der Waals surface area contributed by atoms with E-state index in [1.165, 1.54) is 83.5 Å². The van der Waals surface area contributed by atoms with Gasteiger partial charge in [0.1, 0.15) is 0 Å². The van der Waals surface area contributed by atoms with Crippen molar-refractivity contribution >= 4 is 0 Å². The normalized spacial score (nSPS) is 14.7. The van der Waals surface area contributed by atoms with Crippen molar-refractivity contribution in [3.8, 4) is 0 Å². The zero-order valence-corrected chi connectivity index (χ0v) is 15.3. The molecule has 0 radical (unpaired) electrons. The van der Waals surface area contributed by atoms with Crippen LogP contribution in [0.2, 0.25) is 0 Å². The smallest absolute Gasteiger partial charge is 0.0328 e. The summed E-state index contributed by atoms with van der Waals surface area (Å²) in [5.74, 6) is 0.865. The van der Waals surface area contributed by atoms with E-state index in [-0.39, 0.29) is 0 Å². The van der Waals surface area contributed by atoms with Crippen molar-refractivity contribution in [3.05, 3.63) is 0 Å². The Morgan fingerprint density at radius 3 is 1.65 bits per heavy atom. The van der Waals surface area contributed by atoms with Crippen LogP contribution in [0.1, 0.15) is 118 Å². The van der Waals surface area contributed by atoms with Crippen LogP contribution >= 0.6 is 0 Å². The van der Waals surface area contributed by atoms with Crippen molar-refractivity contribution in [2.24, 2.45) is 11.3 Å². The summed E-state index contributed by atoms with van der Waals surface area (Å²) in [4.78, 5) is 0. The first-order chi connectivity index (χ1) is 9.54. The van der Waals surface area contributed by atoms with Gasteiger partial charge in [0.2, 0.25) is 0 Å². The zero-order chi connectivity index (χ0) is 15.3. The maximum atomic E-state index is 2.51. The second kappa shape index (κ2) is 12.7. The molecule has 0 saturated carbocycles. The molecule has 0 aliphatic rings. The molecule has 0 aromatic carbocycles. The quantitative estimate of drug-likeness (QED) is 0.285. The first-order valence-electron chi connectivity index (χ1n) is 9.54. The van der Waals surface area contributed by atoms with E-state index in [4.69, 9.17) is 0 Å². The SMILES string of the molecule is CCCCCCCCCCCC(C)(CC)CCC(C)C. The van der Waals surface area contributed by atoms with Crippen LogP contribution in [0.25, 0.3) is 0 Å². The summed E-state index contributed by atoms with van der Waals surface area (Å²) in [5, 5.41) is 0. The average Bonchev–Trinajstić information content (AvgIpc) is 2.43. The third-order valence-electron chi connectivity index (χ3n) is 5.06. The summed E-state index contributed by atoms with van der Waals surface area (Å²) in [5.41, 5.74) is 0.616. The molecule has 0 spiro atoms. The van der Waals surface area contributed by atoms with Crippen LogP contribution in [0.4, 0.5) is 0 Å². The van der Waals surface area contributed by atoms with Crippen LogP contribution in [-0.4, -0.2) is 0 Å². The lowest BCUT2D eigenvalue weighted by atomic mass is 9.77. The highest BCUT2D eigenvalue weighted by molar-refractivity contribution is 4.73. The Labute approximate surface area is 130 Å². The van der Waals surface area contributed by atoms with Crippen molar-refractivity contribution < 1.29 is 0 Å². The monoisotopic (exact) mass is 282 g/mol.